The monoisotopic (exact) mass is 477 g/mol. The van der Waals surface area contributed by atoms with E-state index in [9.17, 15) is 14.9 Å². The minimum atomic E-state index is -0.492. The van der Waals surface area contributed by atoms with Gasteiger partial charge in [0.2, 0.25) is 5.91 Å². The summed E-state index contributed by atoms with van der Waals surface area (Å²) in [5.74, 6) is 0.327. The zero-order valence-corrected chi connectivity index (χ0v) is 21.1. The molecule has 188 valence electrons. The van der Waals surface area contributed by atoms with Crippen LogP contribution >= 0.6 is 0 Å². The van der Waals surface area contributed by atoms with E-state index in [4.69, 9.17) is 0 Å². The average Bonchev–Trinajstić information content (AvgIpc) is 3.22. The van der Waals surface area contributed by atoms with Gasteiger partial charge in [-0.3, -0.25) is 9.59 Å². The van der Waals surface area contributed by atoms with E-state index in [2.05, 4.69) is 38.7 Å². The summed E-state index contributed by atoms with van der Waals surface area (Å²) >= 11 is 0. The van der Waals surface area contributed by atoms with E-state index in [0.717, 1.165) is 69.1 Å². The highest BCUT2D eigenvalue weighted by Gasteiger charge is 2.34. The molecule has 1 saturated carbocycles. The highest BCUT2D eigenvalue weighted by Crippen LogP contribution is 2.27. The Labute approximate surface area is 208 Å². The van der Waals surface area contributed by atoms with E-state index >= 15 is 0 Å². The molecule has 3 atom stereocenters. The predicted octanol–water partition coefficient (Wildman–Crippen LogP) is 3.98. The number of nitrogens with one attached hydrogen (secondary N) is 3. The molecule has 2 fully saturated rings. The first-order valence-electron chi connectivity index (χ1n) is 13.3. The number of benzene rings is 1. The predicted molar refractivity (Wildman–Crippen MR) is 138 cm³/mol. The Kier molecular flexibility index (Phi) is 8.46. The second kappa shape index (κ2) is 11.7. The number of rotatable bonds is 8. The van der Waals surface area contributed by atoms with E-state index in [-0.39, 0.29) is 23.8 Å². The summed E-state index contributed by atoms with van der Waals surface area (Å²) in [5, 5.41) is 20.1. The smallest absolute Gasteiger partial charge is 0.268 e. The third-order valence-corrected chi connectivity index (χ3v) is 7.54. The Balaban J connectivity index is 1.51. The first-order chi connectivity index (χ1) is 17.0. The summed E-state index contributed by atoms with van der Waals surface area (Å²) < 4.78 is 2.17. The topological polar surface area (TPSA) is 99.0 Å². The number of fused-ring (bicyclic) bond motifs is 1. The maximum absolute atomic E-state index is 13.6. The Morgan fingerprint density at radius 3 is 2.63 bits per heavy atom. The van der Waals surface area contributed by atoms with Crippen molar-refractivity contribution in [3.05, 3.63) is 36.0 Å². The van der Waals surface area contributed by atoms with Crippen molar-refractivity contribution in [2.24, 2.45) is 17.8 Å². The van der Waals surface area contributed by atoms with Gasteiger partial charge in [-0.2, -0.15) is 5.26 Å². The number of carbonyl (C=O) groups excluding carboxylic acids is 2. The van der Waals surface area contributed by atoms with E-state index in [1.165, 1.54) is 0 Å². The zero-order valence-electron chi connectivity index (χ0n) is 21.1. The van der Waals surface area contributed by atoms with Gasteiger partial charge in [0.05, 0.1) is 12.0 Å². The molecule has 2 aliphatic rings. The van der Waals surface area contributed by atoms with Gasteiger partial charge in [0.1, 0.15) is 11.7 Å². The van der Waals surface area contributed by atoms with Crippen molar-refractivity contribution >= 4 is 22.7 Å². The summed E-state index contributed by atoms with van der Waals surface area (Å²) in [6, 6.07) is 11.7. The van der Waals surface area contributed by atoms with Gasteiger partial charge in [0.15, 0.2) is 0 Å². The number of piperidine rings is 1. The van der Waals surface area contributed by atoms with Crippen LogP contribution in [0.3, 0.4) is 0 Å². The summed E-state index contributed by atoms with van der Waals surface area (Å²) in [4.78, 5) is 26.7. The second-order valence-electron chi connectivity index (χ2n) is 10.7. The summed E-state index contributed by atoms with van der Waals surface area (Å²) in [5.41, 5.74) is 1.75. The van der Waals surface area contributed by atoms with Crippen molar-refractivity contribution in [3.8, 4) is 6.07 Å². The minimum Gasteiger partial charge on any atom is -0.347 e. The Hall–Kier alpha value is -2.85. The molecule has 7 heteroatoms. The molecule has 1 aliphatic carbocycles. The van der Waals surface area contributed by atoms with Crippen LogP contribution in [0.15, 0.2) is 30.3 Å². The molecule has 0 spiro atoms. The molecule has 0 bridgehead atoms. The molecule has 1 aromatic heterocycles. The number of nitrogens with zero attached hydrogens (tertiary/aromatic N) is 2. The molecular formula is C28H39N5O2. The molecule has 0 radical (unpaired) electrons. The van der Waals surface area contributed by atoms with Crippen LogP contribution in [0.2, 0.25) is 0 Å². The van der Waals surface area contributed by atoms with Crippen LogP contribution in [0.4, 0.5) is 0 Å². The summed E-state index contributed by atoms with van der Waals surface area (Å²) in [6.45, 7) is 6.95. The lowest BCUT2D eigenvalue weighted by Crippen LogP contribution is -2.50. The van der Waals surface area contributed by atoms with Gasteiger partial charge in [0.25, 0.3) is 5.91 Å². The van der Waals surface area contributed by atoms with Crippen molar-refractivity contribution in [1.29, 1.82) is 5.26 Å². The van der Waals surface area contributed by atoms with Crippen LogP contribution in [0.5, 0.6) is 0 Å². The fraction of sp³-hybridized carbons (Fsp3) is 0.607. The van der Waals surface area contributed by atoms with Crippen molar-refractivity contribution < 1.29 is 9.59 Å². The normalized spacial score (nSPS) is 22.0. The number of nitriles is 1. The first kappa shape index (κ1) is 25.2. The first-order valence-corrected chi connectivity index (χ1v) is 13.3. The van der Waals surface area contributed by atoms with E-state index in [1.807, 2.05) is 32.0 Å². The Bertz CT molecular complexity index is 1060. The quantitative estimate of drug-likeness (QED) is 0.535. The van der Waals surface area contributed by atoms with Gasteiger partial charge in [-0.1, -0.05) is 44.9 Å². The number of aromatic nitrogens is 1. The molecule has 4 rings (SSSR count). The van der Waals surface area contributed by atoms with Crippen LogP contribution in [0, 0.1) is 29.1 Å². The maximum Gasteiger partial charge on any atom is 0.268 e. The standard InChI is InChI=1S/C28H39N5O2/c1-19(2)15-22(17-29)31-27(34)23-8-4-5-9-24(23)32-28(35)26-16-21-7-3-6-10-25(21)33(26)18-20-11-13-30-14-12-20/h3,6-7,10,16,19-20,22-24,30H,4-5,8-9,11-15,18H2,1-2H3,(H,31,34)(H,32,35)/t22-,23+,24-/m0/s1. The number of amides is 2. The maximum atomic E-state index is 13.6. The molecule has 3 N–H and O–H groups in total. The lowest BCUT2D eigenvalue weighted by Gasteiger charge is -2.32. The van der Waals surface area contributed by atoms with Gasteiger partial charge in [0, 0.05) is 23.5 Å². The lowest BCUT2D eigenvalue weighted by atomic mass is 9.83. The zero-order chi connectivity index (χ0) is 24.8. The highest BCUT2D eigenvalue weighted by molar-refractivity contribution is 5.99. The summed E-state index contributed by atoms with van der Waals surface area (Å²) in [7, 11) is 0. The Morgan fingerprint density at radius 2 is 1.89 bits per heavy atom. The minimum absolute atomic E-state index is 0.112. The molecule has 1 aromatic carbocycles. The number of para-hydroxylation sites is 1. The van der Waals surface area contributed by atoms with Gasteiger partial charge in [-0.25, -0.2) is 0 Å². The average molecular weight is 478 g/mol. The van der Waals surface area contributed by atoms with Crippen molar-refractivity contribution in [2.45, 2.75) is 77.4 Å². The molecule has 0 unspecified atom stereocenters. The van der Waals surface area contributed by atoms with E-state index < -0.39 is 6.04 Å². The molecule has 2 amide bonds. The van der Waals surface area contributed by atoms with Crippen molar-refractivity contribution in [3.63, 3.8) is 0 Å². The molecule has 1 saturated heterocycles. The second-order valence-corrected chi connectivity index (χ2v) is 10.7. The van der Waals surface area contributed by atoms with Crippen molar-refractivity contribution in [1.82, 2.24) is 20.5 Å². The van der Waals surface area contributed by atoms with Crippen LogP contribution in [-0.2, 0) is 11.3 Å². The summed E-state index contributed by atoms with van der Waals surface area (Å²) in [6.07, 6.45) is 6.29. The molecule has 1 aliphatic heterocycles. The van der Waals surface area contributed by atoms with Gasteiger partial charge in [-0.15, -0.1) is 0 Å². The molecule has 2 aromatic rings. The van der Waals surface area contributed by atoms with Crippen LogP contribution in [0.25, 0.3) is 10.9 Å². The number of carbonyl (C=O) groups is 2. The van der Waals surface area contributed by atoms with Gasteiger partial charge in [-0.05, 0) is 69.2 Å². The fourth-order valence-corrected chi connectivity index (χ4v) is 5.67. The van der Waals surface area contributed by atoms with E-state index in [0.29, 0.717) is 24.0 Å². The van der Waals surface area contributed by atoms with E-state index in [1.54, 1.807) is 0 Å². The number of hydrogen-bond donors (Lipinski definition) is 3. The molecular weight excluding hydrogens is 438 g/mol. The van der Waals surface area contributed by atoms with Crippen LogP contribution in [-0.4, -0.2) is 41.6 Å². The molecule has 35 heavy (non-hydrogen) atoms. The Morgan fingerprint density at radius 1 is 1.14 bits per heavy atom. The third kappa shape index (κ3) is 6.24. The fourth-order valence-electron chi connectivity index (χ4n) is 5.67. The van der Waals surface area contributed by atoms with Crippen molar-refractivity contribution in [2.75, 3.05) is 13.1 Å². The van der Waals surface area contributed by atoms with Gasteiger partial charge < -0.3 is 20.5 Å². The van der Waals surface area contributed by atoms with Gasteiger partial charge >= 0.3 is 0 Å². The highest BCUT2D eigenvalue weighted by atomic mass is 16.2. The number of hydrogen-bond acceptors (Lipinski definition) is 4. The SMILES string of the molecule is CC(C)C[C@@H](C#N)NC(=O)[C@@H]1CCCC[C@@H]1NC(=O)c1cc2ccccc2n1CC1CCNCC1. The largest absolute Gasteiger partial charge is 0.347 e. The lowest BCUT2D eigenvalue weighted by molar-refractivity contribution is -0.127. The van der Waals surface area contributed by atoms with Crippen LogP contribution < -0.4 is 16.0 Å². The molecule has 2 heterocycles. The third-order valence-electron chi connectivity index (χ3n) is 7.54. The molecule has 7 nitrogen and oxygen atoms in total. The van der Waals surface area contributed by atoms with Crippen LogP contribution in [0.1, 0.15) is 69.3 Å².